The zero-order chi connectivity index (χ0) is 9.56. The maximum Gasteiger partial charge on any atom is 0.313 e. The van der Waals surface area contributed by atoms with Crippen molar-refractivity contribution < 1.29 is 14.3 Å². The fourth-order valence-corrected chi connectivity index (χ4v) is 0.665. The number of carbonyl (C=O) groups is 2. The lowest BCUT2D eigenvalue weighted by Crippen LogP contribution is -2.12. The van der Waals surface area contributed by atoms with E-state index >= 15 is 0 Å². The molecule has 0 heterocycles. The van der Waals surface area contributed by atoms with Crippen LogP contribution in [0, 0.1) is 0 Å². The summed E-state index contributed by atoms with van der Waals surface area (Å²) < 4.78 is 4.61. The maximum atomic E-state index is 11.1. The molecule has 0 aromatic carbocycles. The Bertz CT molecular complexity index is 194. The van der Waals surface area contributed by atoms with Crippen LogP contribution < -0.4 is 0 Å². The first kappa shape index (κ1) is 10.9. The number of carbonyl (C=O) groups excluding carboxylic acids is 2. The van der Waals surface area contributed by atoms with E-state index in [9.17, 15) is 9.59 Å². The summed E-state index contributed by atoms with van der Waals surface area (Å²) in [6.07, 6.45) is 0.402. The molecule has 0 aromatic rings. The molecule has 0 atom stereocenters. The minimum atomic E-state index is -0.475. The van der Waals surface area contributed by atoms with E-state index in [4.69, 9.17) is 0 Å². The van der Waals surface area contributed by atoms with E-state index in [1.807, 2.05) is 6.92 Å². The third kappa shape index (κ3) is 3.91. The van der Waals surface area contributed by atoms with E-state index in [1.165, 1.54) is 0 Å². The number of ketones is 1. The summed E-state index contributed by atoms with van der Waals surface area (Å²) in [5, 5.41) is 0. The van der Waals surface area contributed by atoms with E-state index < -0.39 is 5.97 Å². The summed E-state index contributed by atoms with van der Waals surface area (Å²) in [6.45, 7) is 7.37. The third-order valence-electron chi connectivity index (χ3n) is 1.43. The Morgan fingerprint density at radius 3 is 2.33 bits per heavy atom. The zero-order valence-electron chi connectivity index (χ0n) is 7.55. The van der Waals surface area contributed by atoms with Crippen molar-refractivity contribution in [2.75, 3.05) is 6.61 Å². The van der Waals surface area contributed by atoms with E-state index in [-0.39, 0.29) is 12.2 Å². The number of allylic oxidation sites excluding steroid dienone is 1. The van der Waals surface area contributed by atoms with E-state index in [2.05, 4.69) is 11.3 Å². The number of hydrogen-bond acceptors (Lipinski definition) is 3. The Morgan fingerprint density at radius 1 is 1.33 bits per heavy atom. The lowest BCUT2D eigenvalue weighted by atomic mass is 10.1. The van der Waals surface area contributed by atoms with Crippen LogP contribution in [0.15, 0.2) is 12.2 Å². The molecule has 0 aliphatic heterocycles. The molecule has 0 radical (unpaired) electrons. The summed E-state index contributed by atoms with van der Waals surface area (Å²) >= 11 is 0. The molecule has 0 unspecified atom stereocenters. The van der Waals surface area contributed by atoms with Crippen LogP contribution in [-0.4, -0.2) is 18.4 Å². The third-order valence-corrected chi connectivity index (χ3v) is 1.43. The molecule has 0 bridgehead atoms. The molecule has 12 heavy (non-hydrogen) atoms. The zero-order valence-corrected chi connectivity index (χ0v) is 7.55. The molecule has 0 aliphatic carbocycles. The van der Waals surface area contributed by atoms with Gasteiger partial charge in [-0.2, -0.15) is 0 Å². The first-order valence-electron chi connectivity index (χ1n) is 3.98. The maximum absolute atomic E-state index is 11.1. The van der Waals surface area contributed by atoms with Gasteiger partial charge in [0.25, 0.3) is 0 Å². The minimum Gasteiger partial charge on any atom is -0.466 e. The van der Waals surface area contributed by atoms with Gasteiger partial charge in [-0.3, -0.25) is 9.59 Å². The number of Topliss-reactive ketones (excluding diaryl/α,β-unsaturated/α-hetero) is 1. The first-order chi connectivity index (χ1) is 5.61. The van der Waals surface area contributed by atoms with Crippen molar-refractivity contribution in [3.05, 3.63) is 12.2 Å². The SMILES string of the molecule is C=C(CC)C(=O)CC(=O)OCC. The molecule has 0 N–H and O–H groups in total. The van der Waals surface area contributed by atoms with Crippen molar-refractivity contribution in [1.82, 2.24) is 0 Å². The molecule has 0 rings (SSSR count). The van der Waals surface area contributed by atoms with E-state index in [1.54, 1.807) is 6.92 Å². The van der Waals surface area contributed by atoms with Crippen LogP contribution in [0.3, 0.4) is 0 Å². The van der Waals surface area contributed by atoms with Crippen LogP contribution >= 0.6 is 0 Å². The van der Waals surface area contributed by atoms with Crippen LogP contribution in [0.2, 0.25) is 0 Å². The molecule has 0 saturated heterocycles. The van der Waals surface area contributed by atoms with Crippen molar-refractivity contribution in [3.8, 4) is 0 Å². The van der Waals surface area contributed by atoms with Gasteiger partial charge in [-0.1, -0.05) is 13.5 Å². The number of ether oxygens (including phenoxy) is 1. The number of rotatable bonds is 5. The molecule has 0 spiro atoms. The van der Waals surface area contributed by atoms with Gasteiger partial charge in [0.1, 0.15) is 6.42 Å². The highest BCUT2D eigenvalue weighted by Gasteiger charge is 2.11. The Balaban J connectivity index is 3.84. The average molecular weight is 170 g/mol. The predicted molar refractivity (Wildman–Crippen MR) is 45.7 cm³/mol. The second-order valence-electron chi connectivity index (χ2n) is 2.36. The molecule has 3 nitrogen and oxygen atoms in total. The quantitative estimate of drug-likeness (QED) is 0.356. The summed E-state index contributed by atoms with van der Waals surface area (Å²) in [5.41, 5.74) is 0.475. The molecular weight excluding hydrogens is 156 g/mol. The molecule has 68 valence electrons. The van der Waals surface area contributed by atoms with Crippen LogP contribution in [0.5, 0.6) is 0 Å². The van der Waals surface area contributed by atoms with E-state index in [0.717, 1.165) is 0 Å². The fourth-order valence-electron chi connectivity index (χ4n) is 0.665. The second kappa shape index (κ2) is 5.52. The normalized spacial score (nSPS) is 9.17. The Kier molecular flexibility index (Phi) is 5.00. The topological polar surface area (TPSA) is 43.4 Å². The number of hydrogen-bond donors (Lipinski definition) is 0. The summed E-state index contributed by atoms with van der Waals surface area (Å²) in [7, 11) is 0. The van der Waals surface area contributed by atoms with Crippen molar-refractivity contribution in [3.63, 3.8) is 0 Å². The predicted octanol–water partition coefficient (Wildman–Crippen LogP) is 1.47. The van der Waals surface area contributed by atoms with Gasteiger partial charge in [-0.15, -0.1) is 0 Å². The van der Waals surface area contributed by atoms with Crippen molar-refractivity contribution in [2.45, 2.75) is 26.7 Å². The molecule has 0 amide bonds. The molecular formula is C9H14O3. The monoisotopic (exact) mass is 170 g/mol. The Hall–Kier alpha value is -1.12. The highest BCUT2D eigenvalue weighted by molar-refractivity contribution is 6.05. The van der Waals surface area contributed by atoms with Gasteiger partial charge in [0.2, 0.25) is 0 Å². The molecule has 3 heteroatoms. The molecule has 0 saturated carbocycles. The van der Waals surface area contributed by atoms with Gasteiger partial charge in [0, 0.05) is 0 Å². The standard InChI is InChI=1S/C9H14O3/c1-4-7(3)8(10)6-9(11)12-5-2/h3-6H2,1-2H3. The van der Waals surface area contributed by atoms with Gasteiger partial charge in [0.15, 0.2) is 5.78 Å². The van der Waals surface area contributed by atoms with Crippen LogP contribution in [-0.2, 0) is 14.3 Å². The smallest absolute Gasteiger partial charge is 0.313 e. The Morgan fingerprint density at radius 2 is 1.92 bits per heavy atom. The highest BCUT2D eigenvalue weighted by atomic mass is 16.5. The highest BCUT2D eigenvalue weighted by Crippen LogP contribution is 2.02. The minimum absolute atomic E-state index is 0.180. The van der Waals surface area contributed by atoms with Gasteiger partial charge in [-0.25, -0.2) is 0 Å². The molecule has 0 aromatic heterocycles. The average Bonchev–Trinajstić information content (AvgIpc) is 2.03. The van der Waals surface area contributed by atoms with Crippen molar-refractivity contribution >= 4 is 11.8 Å². The Labute approximate surface area is 72.4 Å². The van der Waals surface area contributed by atoms with Gasteiger partial charge < -0.3 is 4.74 Å². The lowest BCUT2D eigenvalue weighted by molar-refractivity contribution is -0.144. The first-order valence-corrected chi connectivity index (χ1v) is 3.98. The van der Waals surface area contributed by atoms with Gasteiger partial charge >= 0.3 is 5.97 Å². The second-order valence-corrected chi connectivity index (χ2v) is 2.36. The van der Waals surface area contributed by atoms with Gasteiger partial charge in [0.05, 0.1) is 6.61 Å². The summed E-state index contributed by atoms with van der Waals surface area (Å²) in [4.78, 5) is 21.8. The number of esters is 1. The summed E-state index contributed by atoms with van der Waals surface area (Å²) in [5.74, 6) is -0.701. The van der Waals surface area contributed by atoms with Crippen molar-refractivity contribution in [1.29, 1.82) is 0 Å². The molecule has 0 aliphatic rings. The molecule has 0 fully saturated rings. The fraction of sp³-hybridized carbons (Fsp3) is 0.556. The van der Waals surface area contributed by atoms with Crippen LogP contribution in [0.4, 0.5) is 0 Å². The van der Waals surface area contributed by atoms with Crippen molar-refractivity contribution in [2.24, 2.45) is 0 Å². The largest absolute Gasteiger partial charge is 0.466 e. The van der Waals surface area contributed by atoms with Gasteiger partial charge in [-0.05, 0) is 18.9 Å². The van der Waals surface area contributed by atoms with Crippen LogP contribution in [0.25, 0.3) is 0 Å². The lowest BCUT2D eigenvalue weighted by Gasteiger charge is -2.01. The van der Waals surface area contributed by atoms with E-state index in [0.29, 0.717) is 18.6 Å². The summed E-state index contributed by atoms with van der Waals surface area (Å²) in [6, 6.07) is 0. The van der Waals surface area contributed by atoms with Crippen LogP contribution in [0.1, 0.15) is 26.7 Å².